The Kier molecular flexibility index (Phi) is 4.88. The lowest BCUT2D eigenvalue weighted by Crippen LogP contribution is -2.39. The summed E-state index contributed by atoms with van der Waals surface area (Å²) < 4.78 is 10.1. The summed E-state index contributed by atoms with van der Waals surface area (Å²) in [6.45, 7) is 0.317. The highest BCUT2D eigenvalue weighted by atomic mass is 16.5. The molecule has 1 saturated heterocycles. The predicted octanol–water partition coefficient (Wildman–Crippen LogP) is 2.42. The summed E-state index contributed by atoms with van der Waals surface area (Å²) in [6.07, 6.45) is 0. The van der Waals surface area contributed by atoms with Crippen molar-refractivity contribution in [1.82, 2.24) is 9.80 Å². The number of imide groups is 2. The van der Waals surface area contributed by atoms with Gasteiger partial charge in [-0.2, -0.15) is 0 Å². The minimum Gasteiger partial charge on any atom is -0.497 e. The Labute approximate surface area is 150 Å². The Morgan fingerprint density at radius 2 is 1.08 bits per heavy atom. The second-order valence-corrected chi connectivity index (χ2v) is 5.65. The van der Waals surface area contributed by atoms with E-state index >= 15 is 0 Å². The topological polar surface area (TPSA) is 76.2 Å². The average Bonchev–Trinajstić information content (AvgIpc) is 3.08. The molecule has 0 N–H and O–H groups in total. The second-order valence-electron chi connectivity index (χ2n) is 5.65. The number of nitrogens with zero attached hydrogens (tertiary/aromatic N) is 2. The molecule has 1 heterocycles. The fraction of sp³-hybridized carbons (Fsp3) is 0.211. The third-order valence-corrected chi connectivity index (χ3v) is 4.17. The van der Waals surface area contributed by atoms with Crippen LogP contribution in [0.4, 0.5) is 4.79 Å². The number of amides is 4. The van der Waals surface area contributed by atoms with Crippen LogP contribution in [0.3, 0.4) is 0 Å². The van der Waals surface area contributed by atoms with Gasteiger partial charge in [-0.1, -0.05) is 0 Å². The third-order valence-electron chi connectivity index (χ3n) is 4.17. The number of ether oxygens (including phenoxy) is 2. The van der Waals surface area contributed by atoms with Gasteiger partial charge >= 0.3 is 6.03 Å². The van der Waals surface area contributed by atoms with Gasteiger partial charge in [0.1, 0.15) is 11.5 Å². The normalized spacial score (nSPS) is 13.7. The number of carbonyl (C=O) groups is 3. The highest BCUT2D eigenvalue weighted by molar-refractivity contribution is 6.12. The maximum absolute atomic E-state index is 12.6. The first-order valence-electron chi connectivity index (χ1n) is 8.01. The SMILES string of the molecule is COc1ccc(C(=O)N2CCN(C(=O)c3ccc(OC)cc3)C2=O)cc1. The molecule has 2 aromatic rings. The lowest BCUT2D eigenvalue weighted by Gasteiger charge is -2.16. The van der Waals surface area contributed by atoms with Gasteiger partial charge in [0.15, 0.2) is 0 Å². The fourth-order valence-corrected chi connectivity index (χ4v) is 2.69. The first-order chi connectivity index (χ1) is 12.5. The summed E-state index contributed by atoms with van der Waals surface area (Å²) in [5.74, 6) is 0.349. The van der Waals surface area contributed by atoms with Crippen molar-refractivity contribution in [3.8, 4) is 11.5 Å². The van der Waals surface area contributed by atoms with Crippen molar-refractivity contribution in [2.45, 2.75) is 0 Å². The Hall–Kier alpha value is -3.35. The first-order valence-corrected chi connectivity index (χ1v) is 8.01. The zero-order valence-corrected chi connectivity index (χ0v) is 14.5. The van der Waals surface area contributed by atoms with Gasteiger partial charge < -0.3 is 9.47 Å². The highest BCUT2D eigenvalue weighted by Crippen LogP contribution is 2.19. The van der Waals surface area contributed by atoms with Crippen molar-refractivity contribution in [2.24, 2.45) is 0 Å². The van der Waals surface area contributed by atoms with Gasteiger partial charge in [0.25, 0.3) is 11.8 Å². The number of carbonyl (C=O) groups excluding carboxylic acids is 3. The van der Waals surface area contributed by atoms with Crippen LogP contribution in [-0.4, -0.2) is 55.0 Å². The summed E-state index contributed by atoms with van der Waals surface area (Å²) in [6, 6.07) is 12.3. The molecule has 4 amide bonds. The quantitative estimate of drug-likeness (QED) is 0.843. The number of rotatable bonds is 4. The van der Waals surface area contributed by atoms with Gasteiger partial charge in [-0.3, -0.25) is 19.4 Å². The second kappa shape index (κ2) is 7.26. The molecule has 134 valence electrons. The molecule has 0 aliphatic carbocycles. The van der Waals surface area contributed by atoms with Crippen molar-refractivity contribution in [3.05, 3.63) is 59.7 Å². The molecule has 0 spiro atoms. The van der Waals surface area contributed by atoms with Gasteiger partial charge in [0.2, 0.25) is 0 Å². The molecule has 0 radical (unpaired) electrons. The van der Waals surface area contributed by atoms with E-state index in [1.165, 1.54) is 14.2 Å². The summed E-state index contributed by atoms with van der Waals surface area (Å²) in [5, 5.41) is 0. The minimum absolute atomic E-state index is 0.158. The molecule has 0 saturated carbocycles. The van der Waals surface area contributed by atoms with Gasteiger partial charge in [-0.15, -0.1) is 0 Å². The van der Waals surface area contributed by atoms with Crippen LogP contribution in [0, 0.1) is 0 Å². The molecule has 1 aliphatic rings. The Morgan fingerprint density at radius 1 is 0.731 bits per heavy atom. The summed E-state index contributed by atoms with van der Waals surface area (Å²) >= 11 is 0. The van der Waals surface area contributed by atoms with Crippen LogP contribution in [0.5, 0.6) is 11.5 Å². The molecule has 26 heavy (non-hydrogen) atoms. The molecule has 3 rings (SSSR count). The van der Waals surface area contributed by atoms with E-state index < -0.39 is 17.8 Å². The van der Waals surface area contributed by atoms with Crippen molar-refractivity contribution in [1.29, 1.82) is 0 Å². The molecule has 7 heteroatoms. The van der Waals surface area contributed by atoms with Crippen LogP contribution < -0.4 is 9.47 Å². The van der Waals surface area contributed by atoms with Crippen molar-refractivity contribution in [3.63, 3.8) is 0 Å². The van der Waals surface area contributed by atoms with E-state index in [9.17, 15) is 14.4 Å². The Balaban J connectivity index is 1.73. The van der Waals surface area contributed by atoms with Crippen molar-refractivity contribution >= 4 is 17.8 Å². The zero-order chi connectivity index (χ0) is 18.7. The smallest absolute Gasteiger partial charge is 0.334 e. The van der Waals surface area contributed by atoms with Crippen LogP contribution in [0.15, 0.2) is 48.5 Å². The largest absolute Gasteiger partial charge is 0.497 e. The number of benzene rings is 2. The molecule has 0 bridgehead atoms. The summed E-state index contributed by atoms with van der Waals surface area (Å²) in [7, 11) is 3.06. The van der Waals surface area contributed by atoms with Gasteiger partial charge in [0, 0.05) is 24.2 Å². The molecule has 0 aromatic heterocycles. The standard InChI is InChI=1S/C19H18N2O5/c1-25-15-7-3-13(4-8-15)17(22)20-11-12-21(19(20)24)18(23)14-5-9-16(26-2)10-6-14/h3-10H,11-12H2,1-2H3. The monoisotopic (exact) mass is 354 g/mol. The maximum Gasteiger partial charge on any atom is 0.334 e. The van der Waals surface area contributed by atoms with Gasteiger partial charge in [0.05, 0.1) is 14.2 Å². The maximum atomic E-state index is 12.6. The van der Waals surface area contributed by atoms with Crippen molar-refractivity contribution in [2.75, 3.05) is 27.3 Å². The molecule has 0 unspecified atom stereocenters. The fourth-order valence-electron chi connectivity index (χ4n) is 2.69. The number of urea groups is 1. The Morgan fingerprint density at radius 3 is 1.38 bits per heavy atom. The van der Waals surface area contributed by atoms with Crippen molar-refractivity contribution < 1.29 is 23.9 Å². The molecular formula is C19H18N2O5. The first kappa shape index (κ1) is 17.5. The van der Waals surface area contributed by atoms with E-state index in [1.807, 2.05) is 0 Å². The van der Waals surface area contributed by atoms with E-state index in [2.05, 4.69) is 0 Å². The van der Waals surface area contributed by atoms with E-state index in [-0.39, 0.29) is 13.1 Å². The lowest BCUT2D eigenvalue weighted by molar-refractivity contribution is 0.0790. The number of hydrogen-bond donors (Lipinski definition) is 0. The molecule has 1 aliphatic heterocycles. The van der Waals surface area contributed by atoms with Crippen LogP contribution in [0.2, 0.25) is 0 Å². The summed E-state index contributed by atoms with van der Waals surface area (Å²) in [4.78, 5) is 39.8. The molecule has 1 fully saturated rings. The number of methoxy groups -OCH3 is 2. The van der Waals surface area contributed by atoms with E-state index in [0.29, 0.717) is 22.6 Å². The predicted molar refractivity (Wildman–Crippen MR) is 93.5 cm³/mol. The molecule has 2 aromatic carbocycles. The van der Waals surface area contributed by atoms with Crippen LogP contribution in [0.25, 0.3) is 0 Å². The van der Waals surface area contributed by atoms with Gasteiger partial charge in [-0.05, 0) is 48.5 Å². The minimum atomic E-state index is -0.619. The van der Waals surface area contributed by atoms with Crippen LogP contribution >= 0.6 is 0 Å². The van der Waals surface area contributed by atoms with E-state index in [4.69, 9.17) is 9.47 Å². The zero-order valence-electron chi connectivity index (χ0n) is 14.5. The average molecular weight is 354 g/mol. The van der Waals surface area contributed by atoms with Gasteiger partial charge in [-0.25, -0.2) is 4.79 Å². The van der Waals surface area contributed by atoms with E-state index in [0.717, 1.165) is 9.80 Å². The molecule has 0 atom stereocenters. The summed E-state index contributed by atoms with van der Waals surface area (Å²) in [5.41, 5.74) is 0.718. The van der Waals surface area contributed by atoms with Crippen LogP contribution in [0.1, 0.15) is 20.7 Å². The highest BCUT2D eigenvalue weighted by Gasteiger charge is 2.37. The molecular weight excluding hydrogens is 336 g/mol. The molecule has 7 nitrogen and oxygen atoms in total. The third kappa shape index (κ3) is 3.23. The Bertz CT molecular complexity index is 761. The van der Waals surface area contributed by atoms with E-state index in [1.54, 1.807) is 48.5 Å². The van der Waals surface area contributed by atoms with Crippen LogP contribution in [-0.2, 0) is 0 Å². The lowest BCUT2D eigenvalue weighted by atomic mass is 10.2. The number of hydrogen-bond acceptors (Lipinski definition) is 5.